The van der Waals surface area contributed by atoms with Crippen molar-refractivity contribution in [3.05, 3.63) is 0 Å². The lowest BCUT2D eigenvalue weighted by Gasteiger charge is -2.26. The monoisotopic (exact) mass is 201 g/mol. The second kappa shape index (κ2) is 5.21. The highest BCUT2D eigenvalue weighted by molar-refractivity contribution is 7.99. The minimum absolute atomic E-state index is 0.265. The second-order valence-corrected chi connectivity index (χ2v) is 4.00. The van der Waals surface area contributed by atoms with E-state index in [1.165, 1.54) is 6.21 Å². The molecule has 1 aliphatic heterocycles. The molecule has 1 saturated heterocycles. The molecule has 13 heavy (non-hydrogen) atoms. The van der Waals surface area contributed by atoms with Gasteiger partial charge in [0.1, 0.15) is 0 Å². The van der Waals surface area contributed by atoms with E-state index >= 15 is 0 Å². The molecule has 0 aromatic carbocycles. The molecule has 0 aromatic heterocycles. The quantitative estimate of drug-likeness (QED) is 0.297. The fourth-order valence-electron chi connectivity index (χ4n) is 1.01. The van der Waals surface area contributed by atoms with Crippen LogP contribution in [0.4, 0.5) is 0 Å². The van der Waals surface area contributed by atoms with E-state index in [1.807, 2.05) is 16.7 Å². The molecule has 74 valence electrons. The summed E-state index contributed by atoms with van der Waals surface area (Å²) in [6.07, 6.45) is 0.823. The van der Waals surface area contributed by atoms with Crippen molar-refractivity contribution in [1.82, 2.24) is 4.90 Å². The average molecular weight is 201 g/mol. The highest BCUT2D eigenvalue weighted by Crippen LogP contribution is 2.09. The Balaban J connectivity index is 2.37. The van der Waals surface area contributed by atoms with Gasteiger partial charge < -0.3 is 16.4 Å². The van der Waals surface area contributed by atoms with Gasteiger partial charge >= 0.3 is 0 Å². The summed E-state index contributed by atoms with van der Waals surface area (Å²) in [6.45, 7) is 1.78. The Bertz CT molecular complexity index is 197. The van der Waals surface area contributed by atoms with Gasteiger partial charge in [0.25, 0.3) is 0 Å². The van der Waals surface area contributed by atoms with Crippen molar-refractivity contribution in [2.24, 2.45) is 16.5 Å². The molecule has 0 saturated carbocycles. The summed E-state index contributed by atoms with van der Waals surface area (Å²) in [4.78, 5) is 5.80. The van der Waals surface area contributed by atoms with Crippen molar-refractivity contribution in [2.75, 3.05) is 24.6 Å². The van der Waals surface area contributed by atoms with Gasteiger partial charge in [-0.2, -0.15) is 11.8 Å². The largest absolute Gasteiger partial charge is 0.340 e. The number of nitrogens with zero attached hydrogens (tertiary/aromatic N) is 2. The summed E-state index contributed by atoms with van der Waals surface area (Å²) in [5.41, 5.74) is 10.6. The third kappa shape index (κ3) is 3.75. The number of hydrogen-bond donors (Lipinski definition) is 3. The SMILES string of the molecule is N=C(N=CC(N)N)N1CCSCC1. The molecule has 1 aliphatic rings. The number of nitrogens with two attached hydrogens (primary N) is 2. The summed E-state index contributed by atoms with van der Waals surface area (Å²) in [5, 5.41) is 7.58. The Kier molecular flexibility index (Phi) is 4.20. The molecule has 1 rings (SSSR count). The van der Waals surface area contributed by atoms with Gasteiger partial charge in [-0.05, 0) is 0 Å². The van der Waals surface area contributed by atoms with Gasteiger partial charge in [-0.3, -0.25) is 5.41 Å². The molecule has 0 radical (unpaired) electrons. The summed E-state index contributed by atoms with van der Waals surface area (Å²) in [7, 11) is 0. The normalized spacial score (nSPS) is 18.5. The van der Waals surface area contributed by atoms with Crippen LogP contribution in [0.15, 0.2) is 4.99 Å². The van der Waals surface area contributed by atoms with E-state index in [-0.39, 0.29) is 5.96 Å². The third-order valence-corrected chi connectivity index (χ3v) is 2.62. The molecule has 0 atom stereocenters. The van der Waals surface area contributed by atoms with Crippen LogP contribution >= 0.6 is 11.8 Å². The number of guanidine groups is 1. The molecule has 1 fully saturated rings. The zero-order valence-electron chi connectivity index (χ0n) is 7.44. The van der Waals surface area contributed by atoms with Crippen LogP contribution in [-0.2, 0) is 0 Å². The Labute approximate surface area is 82.1 Å². The minimum atomic E-state index is -0.570. The van der Waals surface area contributed by atoms with Gasteiger partial charge in [0.05, 0.1) is 6.17 Å². The number of rotatable bonds is 1. The highest BCUT2D eigenvalue weighted by atomic mass is 32.2. The van der Waals surface area contributed by atoms with Crippen LogP contribution < -0.4 is 11.5 Å². The molecule has 5 N–H and O–H groups in total. The van der Waals surface area contributed by atoms with Crippen LogP contribution in [-0.4, -0.2) is 47.8 Å². The van der Waals surface area contributed by atoms with E-state index in [1.54, 1.807) is 0 Å². The molecule has 0 spiro atoms. The third-order valence-electron chi connectivity index (χ3n) is 1.68. The average Bonchev–Trinajstić information content (AvgIpc) is 2.15. The summed E-state index contributed by atoms with van der Waals surface area (Å²) in [6, 6.07) is 0. The van der Waals surface area contributed by atoms with Gasteiger partial charge in [-0.15, -0.1) is 0 Å². The lowest BCUT2D eigenvalue weighted by Crippen LogP contribution is -2.38. The standard InChI is InChI=1S/C7H15N5S/c8-6(9)5-11-7(10)12-1-3-13-4-2-12/h5-6,10H,1-4,8-9H2. The first-order valence-electron chi connectivity index (χ1n) is 4.17. The second-order valence-electron chi connectivity index (χ2n) is 2.78. The molecular formula is C7H15N5S. The van der Waals surface area contributed by atoms with Crippen molar-refractivity contribution in [3.63, 3.8) is 0 Å². The molecule has 0 amide bonds. The predicted molar refractivity (Wildman–Crippen MR) is 57.3 cm³/mol. The van der Waals surface area contributed by atoms with Crippen LogP contribution in [0.5, 0.6) is 0 Å². The molecule has 0 aliphatic carbocycles. The lowest BCUT2D eigenvalue weighted by molar-refractivity contribution is 0.455. The Hall–Kier alpha value is -0.590. The topological polar surface area (TPSA) is 91.5 Å². The van der Waals surface area contributed by atoms with E-state index in [0.29, 0.717) is 0 Å². The number of aliphatic imine (C=N–C) groups is 1. The minimum Gasteiger partial charge on any atom is -0.340 e. The van der Waals surface area contributed by atoms with Crippen molar-refractivity contribution in [2.45, 2.75) is 6.17 Å². The summed E-state index contributed by atoms with van der Waals surface area (Å²) >= 11 is 1.90. The summed E-state index contributed by atoms with van der Waals surface area (Å²) < 4.78 is 0. The number of thioether (sulfide) groups is 1. The lowest BCUT2D eigenvalue weighted by atomic mass is 10.5. The molecule has 0 unspecified atom stereocenters. The van der Waals surface area contributed by atoms with E-state index in [9.17, 15) is 0 Å². The number of hydrogen-bond acceptors (Lipinski definition) is 4. The van der Waals surface area contributed by atoms with Gasteiger partial charge in [0.15, 0.2) is 0 Å². The Morgan fingerprint density at radius 3 is 2.62 bits per heavy atom. The fourth-order valence-corrected chi connectivity index (χ4v) is 1.92. The molecule has 0 aromatic rings. The van der Waals surface area contributed by atoms with Crippen molar-refractivity contribution < 1.29 is 0 Å². The Morgan fingerprint density at radius 2 is 2.08 bits per heavy atom. The van der Waals surface area contributed by atoms with Crippen LogP contribution in [0.2, 0.25) is 0 Å². The van der Waals surface area contributed by atoms with Crippen LogP contribution in [0.25, 0.3) is 0 Å². The first-order chi connectivity index (χ1) is 6.20. The maximum atomic E-state index is 7.58. The summed E-state index contributed by atoms with van der Waals surface area (Å²) in [5.74, 6) is 2.39. The number of nitrogens with one attached hydrogen (secondary N) is 1. The van der Waals surface area contributed by atoms with Crippen LogP contribution in [0.3, 0.4) is 0 Å². The van der Waals surface area contributed by atoms with E-state index in [4.69, 9.17) is 16.9 Å². The van der Waals surface area contributed by atoms with Gasteiger partial charge in [-0.1, -0.05) is 0 Å². The van der Waals surface area contributed by atoms with E-state index in [0.717, 1.165) is 24.6 Å². The first kappa shape index (κ1) is 10.5. The Morgan fingerprint density at radius 1 is 1.46 bits per heavy atom. The van der Waals surface area contributed by atoms with Gasteiger partial charge in [-0.25, -0.2) is 4.99 Å². The van der Waals surface area contributed by atoms with Crippen LogP contribution in [0.1, 0.15) is 0 Å². The molecule has 1 heterocycles. The molecule has 6 heteroatoms. The predicted octanol–water partition coefficient (Wildman–Crippen LogP) is -0.716. The van der Waals surface area contributed by atoms with Crippen molar-refractivity contribution >= 4 is 23.9 Å². The maximum absolute atomic E-state index is 7.58. The van der Waals surface area contributed by atoms with Crippen molar-refractivity contribution in [1.29, 1.82) is 5.41 Å². The van der Waals surface area contributed by atoms with Crippen molar-refractivity contribution in [3.8, 4) is 0 Å². The highest BCUT2D eigenvalue weighted by Gasteiger charge is 2.12. The molecule has 5 nitrogen and oxygen atoms in total. The fraction of sp³-hybridized carbons (Fsp3) is 0.714. The molecular weight excluding hydrogens is 186 g/mol. The van der Waals surface area contributed by atoms with Crippen LogP contribution in [0, 0.1) is 5.41 Å². The van der Waals surface area contributed by atoms with Gasteiger partial charge in [0, 0.05) is 30.8 Å². The zero-order valence-corrected chi connectivity index (χ0v) is 8.26. The maximum Gasteiger partial charge on any atom is 0.217 e. The first-order valence-corrected chi connectivity index (χ1v) is 5.32. The zero-order chi connectivity index (χ0) is 9.68. The van der Waals surface area contributed by atoms with E-state index < -0.39 is 6.17 Å². The smallest absolute Gasteiger partial charge is 0.217 e. The van der Waals surface area contributed by atoms with E-state index in [2.05, 4.69) is 4.99 Å². The van der Waals surface area contributed by atoms with Gasteiger partial charge in [0.2, 0.25) is 5.96 Å². The molecule has 0 bridgehead atoms.